The minimum absolute atomic E-state index is 0.0360. The second-order valence-corrected chi connectivity index (χ2v) is 3.39. The molecule has 2 N–H and O–H groups in total. The van der Waals surface area contributed by atoms with Crippen LogP contribution in [0, 0.1) is 6.92 Å². The molecule has 0 unspecified atom stereocenters. The Hall–Kier alpha value is -1.78. The van der Waals surface area contributed by atoms with E-state index in [-0.39, 0.29) is 18.9 Å². The van der Waals surface area contributed by atoms with Crippen LogP contribution in [0.25, 0.3) is 0 Å². The number of carboxylic acid groups (broad SMARTS) is 1. The molecule has 15 heavy (non-hydrogen) atoms. The predicted molar refractivity (Wildman–Crippen MR) is 54.7 cm³/mol. The van der Waals surface area contributed by atoms with E-state index < -0.39 is 5.97 Å². The highest BCUT2D eigenvalue weighted by molar-refractivity contribution is 5.95. The molecule has 82 valence electrons. The number of rotatable bonds is 4. The second-order valence-electron chi connectivity index (χ2n) is 3.39. The number of aromatic amines is 1. The lowest BCUT2D eigenvalue weighted by Crippen LogP contribution is -2.29. The quantitative estimate of drug-likeness (QED) is 0.774. The maximum absolute atomic E-state index is 11.8. The van der Waals surface area contributed by atoms with E-state index in [4.69, 9.17) is 5.11 Å². The number of nitrogens with one attached hydrogen (secondary N) is 1. The lowest BCUT2D eigenvalue weighted by molar-refractivity contribution is -0.137. The average Bonchev–Trinajstić information content (AvgIpc) is 2.59. The fourth-order valence-electron chi connectivity index (χ4n) is 1.25. The number of aliphatic carboxylic acids is 1. The van der Waals surface area contributed by atoms with Gasteiger partial charge in [-0.25, -0.2) is 0 Å². The monoisotopic (exact) mass is 210 g/mol. The van der Waals surface area contributed by atoms with Gasteiger partial charge in [-0.2, -0.15) is 0 Å². The van der Waals surface area contributed by atoms with Gasteiger partial charge in [-0.15, -0.1) is 0 Å². The average molecular weight is 210 g/mol. The van der Waals surface area contributed by atoms with E-state index in [2.05, 4.69) is 4.98 Å². The number of aryl methyl sites for hydroxylation is 1. The molecule has 1 aromatic heterocycles. The van der Waals surface area contributed by atoms with Gasteiger partial charge in [-0.1, -0.05) is 0 Å². The molecule has 0 bridgehead atoms. The van der Waals surface area contributed by atoms with Gasteiger partial charge in [-0.05, 0) is 13.0 Å². The molecule has 0 saturated heterocycles. The summed E-state index contributed by atoms with van der Waals surface area (Å²) in [4.78, 5) is 26.4. The smallest absolute Gasteiger partial charge is 0.305 e. The highest BCUT2D eigenvalue weighted by atomic mass is 16.4. The molecular weight excluding hydrogens is 196 g/mol. The maximum Gasteiger partial charge on any atom is 0.305 e. The van der Waals surface area contributed by atoms with E-state index >= 15 is 0 Å². The Morgan fingerprint density at radius 3 is 2.67 bits per heavy atom. The Bertz CT molecular complexity index is 370. The van der Waals surface area contributed by atoms with Crippen LogP contribution < -0.4 is 0 Å². The van der Waals surface area contributed by atoms with Gasteiger partial charge < -0.3 is 15.0 Å². The van der Waals surface area contributed by atoms with Gasteiger partial charge in [0.05, 0.1) is 12.0 Å². The Labute approximate surface area is 87.7 Å². The Kier molecular flexibility index (Phi) is 3.49. The van der Waals surface area contributed by atoms with Crippen LogP contribution in [0.4, 0.5) is 0 Å². The first-order valence-electron chi connectivity index (χ1n) is 4.63. The molecule has 0 aromatic carbocycles. The van der Waals surface area contributed by atoms with E-state index in [0.717, 1.165) is 5.69 Å². The van der Waals surface area contributed by atoms with Crippen molar-refractivity contribution in [3.8, 4) is 0 Å². The number of hydrogen-bond acceptors (Lipinski definition) is 2. The third-order valence-electron chi connectivity index (χ3n) is 2.19. The molecule has 0 aliphatic heterocycles. The zero-order chi connectivity index (χ0) is 11.4. The number of H-pyrrole nitrogens is 1. The molecule has 5 nitrogen and oxygen atoms in total. The molecule has 0 atom stereocenters. The molecule has 1 aromatic rings. The molecular formula is C10H14N2O3. The molecule has 0 aliphatic rings. The van der Waals surface area contributed by atoms with Gasteiger partial charge in [0, 0.05) is 25.5 Å². The zero-order valence-electron chi connectivity index (χ0n) is 8.78. The Balaban J connectivity index is 2.61. The Morgan fingerprint density at radius 2 is 2.20 bits per heavy atom. The molecule has 1 rings (SSSR count). The predicted octanol–water partition coefficient (Wildman–Crippen LogP) is 0.870. The number of hydrogen-bond donors (Lipinski definition) is 2. The summed E-state index contributed by atoms with van der Waals surface area (Å²) < 4.78 is 0. The number of carbonyl (C=O) groups excluding carboxylic acids is 1. The summed E-state index contributed by atoms with van der Waals surface area (Å²) in [5.41, 5.74) is 1.38. The molecule has 0 spiro atoms. The van der Waals surface area contributed by atoms with Gasteiger partial charge in [0.2, 0.25) is 0 Å². The maximum atomic E-state index is 11.8. The van der Waals surface area contributed by atoms with Crippen molar-refractivity contribution >= 4 is 11.9 Å². The zero-order valence-corrected chi connectivity index (χ0v) is 8.78. The third kappa shape index (κ3) is 2.83. The van der Waals surface area contributed by atoms with Gasteiger partial charge in [-0.3, -0.25) is 9.59 Å². The summed E-state index contributed by atoms with van der Waals surface area (Å²) in [6.07, 6.45) is 1.65. The largest absolute Gasteiger partial charge is 0.481 e. The summed E-state index contributed by atoms with van der Waals surface area (Å²) in [5.74, 6) is -1.06. The van der Waals surface area contributed by atoms with E-state index in [1.807, 2.05) is 0 Å². The number of amides is 1. The molecule has 0 fully saturated rings. The van der Waals surface area contributed by atoms with Crippen LogP contribution in [-0.2, 0) is 4.79 Å². The van der Waals surface area contributed by atoms with E-state index in [1.165, 1.54) is 4.90 Å². The normalized spacial score (nSPS) is 10.0. The lowest BCUT2D eigenvalue weighted by atomic mass is 10.2. The van der Waals surface area contributed by atoms with Gasteiger partial charge in [0.1, 0.15) is 0 Å². The van der Waals surface area contributed by atoms with Gasteiger partial charge >= 0.3 is 5.97 Å². The van der Waals surface area contributed by atoms with Crippen molar-refractivity contribution in [1.82, 2.24) is 9.88 Å². The first-order valence-corrected chi connectivity index (χ1v) is 4.63. The van der Waals surface area contributed by atoms with Gasteiger partial charge in [0.15, 0.2) is 0 Å². The highest BCUT2D eigenvalue weighted by Crippen LogP contribution is 2.08. The molecule has 1 amide bonds. The van der Waals surface area contributed by atoms with E-state index in [9.17, 15) is 9.59 Å². The third-order valence-corrected chi connectivity index (χ3v) is 2.19. The number of carboxylic acids is 1. The highest BCUT2D eigenvalue weighted by Gasteiger charge is 2.15. The first-order chi connectivity index (χ1) is 7.02. The van der Waals surface area contributed by atoms with Crippen molar-refractivity contribution in [2.75, 3.05) is 13.6 Å². The van der Waals surface area contributed by atoms with Crippen LogP contribution in [0.5, 0.6) is 0 Å². The van der Waals surface area contributed by atoms with E-state index in [1.54, 1.807) is 26.2 Å². The molecule has 5 heteroatoms. The van der Waals surface area contributed by atoms with Crippen LogP contribution in [0.15, 0.2) is 12.3 Å². The van der Waals surface area contributed by atoms with Crippen LogP contribution in [0.1, 0.15) is 22.5 Å². The topological polar surface area (TPSA) is 73.4 Å². The summed E-state index contributed by atoms with van der Waals surface area (Å²) in [6, 6.07) is 1.69. The number of nitrogens with zero attached hydrogens (tertiary/aromatic N) is 1. The lowest BCUT2D eigenvalue weighted by Gasteiger charge is -2.15. The first kappa shape index (κ1) is 11.3. The SMILES string of the molecule is Cc1[nH]ccc1C(=O)N(C)CCC(=O)O. The van der Waals surface area contributed by atoms with Crippen molar-refractivity contribution in [3.63, 3.8) is 0 Å². The van der Waals surface area contributed by atoms with Crippen molar-refractivity contribution in [3.05, 3.63) is 23.5 Å². The van der Waals surface area contributed by atoms with Crippen molar-refractivity contribution < 1.29 is 14.7 Å². The number of aromatic nitrogens is 1. The van der Waals surface area contributed by atoms with Crippen molar-refractivity contribution in [1.29, 1.82) is 0 Å². The minimum Gasteiger partial charge on any atom is -0.481 e. The molecule has 0 radical (unpaired) electrons. The van der Waals surface area contributed by atoms with Gasteiger partial charge in [0.25, 0.3) is 5.91 Å². The summed E-state index contributed by atoms with van der Waals surface area (Å²) in [6.45, 7) is 2.02. The standard InChI is InChI=1S/C10H14N2O3/c1-7-8(3-5-11-7)10(15)12(2)6-4-9(13)14/h3,5,11H,4,6H2,1-2H3,(H,13,14). The number of carbonyl (C=O) groups is 2. The Morgan fingerprint density at radius 1 is 1.53 bits per heavy atom. The fraction of sp³-hybridized carbons (Fsp3) is 0.400. The van der Waals surface area contributed by atoms with Crippen LogP contribution in [-0.4, -0.2) is 40.5 Å². The molecule has 0 saturated carbocycles. The van der Waals surface area contributed by atoms with Crippen LogP contribution >= 0.6 is 0 Å². The summed E-state index contributed by atoms with van der Waals surface area (Å²) in [5, 5.41) is 8.49. The summed E-state index contributed by atoms with van der Waals surface area (Å²) >= 11 is 0. The summed E-state index contributed by atoms with van der Waals surface area (Å²) in [7, 11) is 1.59. The van der Waals surface area contributed by atoms with Crippen LogP contribution in [0.2, 0.25) is 0 Å². The van der Waals surface area contributed by atoms with E-state index in [0.29, 0.717) is 5.56 Å². The van der Waals surface area contributed by atoms with Crippen LogP contribution in [0.3, 0.4) is 0 Å². The minimum atomic E-state index is -0.902. The second kappa shape index (κ2) is 4.63. The molecule has 1 heterocycles. The van der Waals surface area contributed by atoms with Crippen molar-refractivity contribution in [2.24, 2.45) is 0 Å². The molecule has 0 aliphatic carbocycles. The fourth-order valence-corrected chi connectivity index (χ4v) is 1.25. The van der Waals surface area contributed by atoms with Crippen molar-refractivity contribution in [2.45, 2.75) is 13.3 Å².